The second-order valence-electron chi connectivity index (χ2n) is 5.02. The van der Waals surface area contributed by atoms with Gasteiger partial charge in [-0.1, -0.05) is 26.0 Å². The van der Waals surface area contributed by atoms with Crippen LogP contribution in [0.2, 0.25) is 0 Å². The van der Waals surface area contributed by atoms with Crippen molar-refractivity contribution in [3.05, 3.63) is 29.8 Å². The largest absolute Gasteiger partial charge is 0.370 e. The van der Waals surface area contributed by atoms with Gasteiger partial charge in [0.1, 0.15) is 0 Å². The van der Waals surface area contributed by atoms with Gasteiger partial charge < -0.3 is 10.2 Å². The van der Waals surface area contributed by atoms with Gasteiger partial charge in [0.25, 0.3) is 0 Å². The molecule has 1 N–H and O–H groups in total. The monoisotopic (exact) mass is 234 g/mol. The van der Waals surface area contributed by atoms with E-state index < -0.39 is 0 Å². The van der Waals surface area contributed by atoms with Crippen LogP contribution in [0.3, 0.4) is 0 Å². The molecule has 0 heterocycles. The molecule has 0 fully saturated rings. The molecule has 0 radical (unpaired) electrons. The van der Waals surface area contributed by atoms with Gasteiger partial charge >= 0.3 is 0 Å². The Kier molecular flexibility index (Phi) is 5.49. The molecule has 0 amide bonds. The smallest absolute Gasteiger partial charge is 0.0369 e. The number of benzene rings is 1. The standard InChI is InChI=1S/C15H26N2/c1-6-17(11-15(16-5)12(2)3)14-9-7-8-13(4)10-14/h7-10,12,15-16H,6,11H2,1-5H3. The van der Waals surface area contributed by atoms with Crippen LogP contribution in [0.5, 0.6) is 0 Å². The molecule has 0 aliphatic rings. The summed E-state index contributed by atoms with van der Waals surface area (Å²) in [6.45, 7) is 11.0. The zero-order valence-corrected chi connectivity index (χ0v) is 11.8. The molecule has 0 saturated carbocycles. The molecule has 2 heteroatoms. The summed E-state index contributed by atoms with van der Waals surface area (Å²) in [5.41, 5.74) is 2.65. The lowest BCUT2D eigenvalue weighted by Gasteiger charge is -2.30. The highest BCUT2D eigenvalue weighted by Gasteiger charge is 2.15. The van der Waals surface area contributed by atoms with E-state index in [1.165, 1.54) is 11.3 Å². The van der Waals surface area contributed by atoms with Gasteiger partial charge in [-0.15, -0.1) is 0 Å². The molecule has 1 atom stereocenters. The van der Waals surface area contributed by atoms with E-state index >= 15 is 0 Å². The predicted molar refractivity (Wildman–Crippen MR) is 76.8 cm³/mol. The molecule has 96 valence electrons. The molecule has 1 aromatic rings. The van der Waals surface area contributed by atoms with Gasteiger partial charge in [0, 0.05) is 24.8 Å². The van der Waals surface area contributed by atoms with Crippen molar-refractivity contribution in [2.45, 2.75) is 33.7 Å². The van der Waals surface area contributed by atoms with Gasteiger partial charge in [-0.25, -0.2) is 0 Å². The number of rotatable bonds is 6. The van der Waals surface area contributed by atoms with Gasteiger partial charge in [0.2, 0.25) is 0 Å². The van der Waals surface area contributed by atoms with Gasteiger partial charge in [0.05, 0.1) is 0 Å². The second-order valence-corrected chi connectivity index (χ2v) is 5.02. The van der Waals surface area contributed by atoms with Crippen molar-refractivity contribution in [3.63, 3.8) is 0 Å². The summed E-state index contributed by atoms with van der Waals surface area (Å²) in [6, 6.07) is 9.28. The molecule has 0 aliphatic heterocycles. The van der Waals surface area contributed by atoms with Crippen LogP contribution in [-0.2, 0) is 0 Å². The van der Waals surface area contributed by atoms with Crippen molar-refractivity contribution in [1.29, 1.82) is 0 Å². The first kappa shape index (κ1) is 14.0. The Labute approximate surface area is 106 Å². The summed E-state index contributed by atoms with van der Waals surface area (Å²) in [4.78, 5) is 2.44. The normalized spacial score (nSPS) is 12.8. The van der Waals surface area contributed by atoms with Crippen molar-refractivity contribution in [3.8, 4) is 0 Å². The Morgan fingerprint density at radius 2 is 2.00 bits per heavy atom. The Bertz CT molecular complexity index is 333. The fraction of sp³-hybridized carbons (Fsp3) is 0.600. The van der Waals surface area contributed by atoms with Gasteiger partial charge in [-0.3, -0.25) is 0 Å². The number of nitrogens with one attached hydrogen (secondary N) is 1. The van der Waals surface area contributed by atoms with E-state index in [2.05, 4.69) is 69.2 Å². The van der Waals surface area contributed by atoms with Gasteiger partial charge in [-0.05, 0) is 44.5 Å². The lowest BCUT2D eigenvalue weighted by molar-refractivity contribution is 0.425. The first-order chi connectivity index (χ1) is 8.08. The molecule has 1 rings (SSSR count). The lowest BCUT2D eigenvalue weighted by Crippen LogP contribution is -2.42. The molecule has 17 heavy (non-hydrogen) atoms. The summed E-state index contributed by atoms with van der Waals surface area (Å²) in [5, 5.41) is 3.41. The van der Waals surface area contributed by atoms with Crippen molar-refractivity contribution in [2.24, 2.45) is 5.92 Å². The molecular formula is C15H26N2. The minimum absolute atomic E-state index is 0.537. The zero-order valence-electron chi connectivity index (χ0n) is 11.8. The number of anilines is 1. The van der Waals surface area contributed by atoms with E-state index in [0.717, 1.165) is 13.1 Å². The fourth-order valence-electron chi connectivity index (χ4n) is 2.11. The van der Waals surface area contributed by atoms with E-state index in [1.54, 1.807) is 0 Å². The van der Waals surface area contributed by atoms with Crippen molar-refractivity contribution in [2.75, 3.05) is 25.0 Å². The summed E-state index contributed by atoms with van der Waals surface area (Å²) in [5.74, 6) is 0.652. The topological polar surface area (TPSA) is 15.3 Å². The second kappa shape index (κ2) is 6.65. The van der Waals surface area contributed by atoms with E-state index in [4.69, 9.17) is 0 Å². The average Bonchev–Trinajstić information content (AvgIpc) is 2.30. The number of likely N-dealkylation sites (N-methyl/N-ethyl adjacent to an activating group) is 2. The molecular weight excluding hydrogens is 208 g/mol. The molecule has 1 aromatic carbocycles. The van der Waals surface area contributed by atoms with Crippen LogP contribution in [0.1, 0.15) is 26.3 Å². The number of hydrogen-bond donors (Lipinski definition) is 1. The minimum atomic E-state index is 0.537. The van der Waals surface area contributed by atoms with Crippen LogP contribution < -0.4 is 10.2 Å². The lowest BCUT2D eigenvalue weighted by atomic mass is 10.0. The van der Waals surface area contributed by atoms with Crippen LogP contribution in [0, 0.1) is 12.8 Å². The predicted octanol–water partition coefficient (Wildman–Crippen LogP) is 3.07. The third-order valence-corrected chi connectivity index (χ3v) is 3.34. The highest BCUT2D eigenvalue weighted by atomic mass is 15.1. The average molecular weight is 234 g/mol. The summed E-state index contributed by atoms with van der Waals surface area (Å²) >= 11 is 0. The highest BCUT2D eigenvalue weighted by molar-refractivity contribution is 5.48. The van der Waals surface area contributed by atoms with Crippen LogP contribution >= 0.6 is 0 Å². The molecule has 0 spiro atoms. The van der Waals surface area contributed by atoms with Crippen molar-refractivity contribution in [1.82, 2.24) is 5.32 Å². The van der Waals surface area contributed by atoms with Crippen LogP contribution in [0.25, 0.3) is 0 Å². The van der Waals surface area contributed by atoms with Gasteiger partial charge in [-0.2, -0.15) is 0 Å². The van der Waals surface area contributed by atoms with E-state index in [-0.39, 0.29) is 0 Å². The molecule has 2 nitrogen and oxygen atoms in total. The number of hydrogen-bond acceptors (Lipinski definition) is 2. The zero-order chi connectivity index (χ0) is 12.8. The Hall–Kier alpha value is -1.02. The first-order valence-electron chi connectivity index (χ1n) is 6.57. The number of aryl methyl sites for hydroxylation is 1. The first-order valence-corrected chi connectivity index (χ1v) is 6.57. The summed E-state index contributed by atoms with van der Waals surface area (Å²) in [6.07, 6.45) is 0. The maximum atomic E-state index is 3.41. The minimum Gasteiger partial charge on any atom is -0.370 e. The molecule has 0 saturated heterocycles. The Balaban J connectivity index is 2.78. The van der Waals surface area contributed by atoms with Gasteiger partial charge in [0.15, 0.2) is 0 Å². The Morgan fingerprint density at radius 3 is 2.47 bits per heavy atom. The fourth-order valence-corrected chi connectivity index (χ4v) is 2.11. The van der Waals surface area contributed by atoms with E-state index in [0.29, 0.717) is 12.0 Å². The maximum Gasteiger partial charge on any atom is 0.0369 e. The number of nitrogens with zero attached hydrogens (tertiary/aromatic N) is 1. The van der Waals surface area contributed by atoms with Crippen LogP contribution in [0.15, 0.2) is 24.3 Å². The summed E-state index contributed by atoms with van der Waals surface area (Å²) < 4.78 is 0. The molecule has 0 aromatic heterocycles. The van der Waals surface area contributed by atoms with Crippen LogP contribution in [0.4, 0.5) is 5.69 Å². The molecule has 0 bridgehead atoms. The summed E-state index contributed by atoms with van der Waals surface area (Å²) in [7, 11) is 2.05. The maximum absolute atomic E-state index is 3.41. The van der Waals surface area contributed by atoms with Crippen molar-refractivity contribution < 1.29 is 0 Å². The quantitative estimate of drug-likeness (QED) is 0.814. The van der Waals surface area contributed by atoms with Crippen molar-refractivity contribution >= 4 is 5.69 Å². The van der Waals surface area contributed by atoms with E-state index in [9.17, 15) is 0 Å². The van der Waals surface area contributed by atoms with E-state index in [1.807, 2.05) is 0 Å². The highest BCUT2D eigenvalue weighted by Crippen LogP contribution is 2.17. The molecule has 0 aliphatic carbocycles. The van der Waals surface area contributed by atoms with Crippen LogP contribution in [-0.4, -0.2) is 26.2 Å². The SMILES string of the molecule is CCN(CC(NC)C(C)C)c1cccc(C)c1. The third-order valence-electron chi connectivity index (χ3n) is 3.34. The third kappa shape index (κ3) is 4.04. The molecule has 1 unspecified atom stereocenters. The Morgan fingerprint density at radius 1 is 1.29 bits per heavy atom.